The number of hydrogen-bond donors (Lipinski definition) is 3. The highest BCUT2D eigenvalue weighted by molar-refractivity contribution is 7.92. The summed E-state index contributed by atoms with van der Waals surface area (Å²) in [6.45, 7) is 2.42. The minimum Gasteiger partial charge on any atom is -0.465 e. The second kappa shape index (κ2) is 13.2. The molecule has 1 atom stereocenters. The zero-order valence-corrected chi connectivity index (χ0v) is 26.7. The van der Waals surface area contributed by atoms with Gasteiger partial charge in [0.2, 0.25) is 21.9 Å². The molecule has 0 aliphatic carbocycles. The van der Waals surface area contributed by atoms with Crippen LogP contribution in [-0.4, -0.2) is 70.0 Å². The third kappa shape index (κ3) is 6.67. The van der Waals surface area contributed by atoms with E-state index in [0.29, 0.717) is 69.6 Å². The van der Waals surface area contributed by atoms with Crippen molar-refractivity contribution in [3.63, 3.8) is 0 Å². The Morgan fingerprint density at radius 3 is 2.60 bits per heavy atom. The maximum absolute atomic E-state index is 13.2. The number of nitrogens with one attached hydrogen (secondary N) is 1. The molecule has 3 aromatic carbocycles. The van der Waals surface area contributed by atoms with Gasteiger partial charge in [-0.25, -0.2) is 32.5 Å². The summed E-state index contributed by atoms with van der Waals surface area (Å²) in [5.74, 6) is 1.15. The zero-order chi connectivity index (χ0) is 33.1. The predicted molar refractivity (Wildman–Crippen MR) is 180 cm³/mol. The number of benzene rings is 3. The van der Waals surface area contributed by atoms with Crippen molar-refractivity contribution in [2.24, 2.45) is 0 Å². The van der Waals surface area contributed by atoms with Crippen LogP contribution in [0.1, 0.15) is 24.0 Å². The number of nitrogens with zero attached hydrogens (tertiary/aromatic N) is 5. The van der Waals surface area contributed by atoms with Crippen LogP contribution in [-0.2, 0) is 16.6 Å². The number of aromatic nitrogens is 3. The van der Waals surface area contributed by atoms with Gasteiger partial charge in [0.05, 0.1) is 35.5 Å². The molecule has 1 aliphatic rings. The Morgan fingerprint density at radius 2 is 1.81 bits per heavy atom. The molecule has 2 aromatic heterocycles. The van der Waals surface area contributed by atoms with Gasteiger partial charge in [0.25, 0.3) is 0 Å². The maximum Gasteiger partial charge on any atom is 0.407 e. The molecule has 0 radical (unpaired) electrons. The summed E-state index contributed by atoms with van der Waals surface area (Å²) in [4.78, 5) is 26.5. The highest BCUT2D eigenvalue weighted by Gasteiger charge is 2.26. The van der Waals surface area contributed by atoms with Crippen LogP contribution in [0.25, 0.3) is 22.0 Å². The van der Waals surface area contributed by atoms with E-state index in [9.17, 15) is 23.4 Å². The summed E-state index contributed by atoms with van der Waals surface area (Å²) in [5, 5.41) is 24.0. The first-order valence-corrected chi connectivity index (χ1v) is 16.9. The number of piperidine rings is 1. The van der Waals surface area contributed by atoms with Gasteiger partial charge in [-0.15, -0.1) is 0 Å². The average molecular weight is 655 g/mol. The van der Waals surface area contributed by atoms with Crippen LogP contribution in [0.3, 0.4) is 0 Å². The van der Waals surface area contributed by atoms with Crippen LogP contribution >= 0.6 is 0 Å². The number of fused-ring (bicyclic) bond motifs is 1. The van der Waals surface area contributed by atoms with Gasteiger partial charge in [0.1, 0.15) is 5.75 Å². The van der Waals surface area contributed by atoms with Crippen molar-refractivity contribution >= 4 is 44.2 Å². The Kier molecular flexibility index (Phi) is 8.92. The van der Waals surface area contributed by atoms with Gasteiger partial charge >= 0.3 is 6.09 Å². The number of sulfonamides is 1. The number of ether oxygens (including phenoxy) is 1. The lowest BCUT2D eigenvalue weighted by atomic mass is 10.0. The highest BCUT2D eigenvalue weighted by Crippen LogP contribution is 2.42. The van der Waals surface area contributed by atoms with Crippen molar-refractivity contribution < 1.29 is 28.2 Å². The van der Waals surface area contributed by atoms with Crippen LogP contribution in [0, 0.1) is 6.92 Å². The molecule has 13 heteroatoms. The molecule has 0 bridgehead atoms. The van der Waals surface area contributed by atoms with Crippen LogP contribution in [0.5, 0.6) is 11.6 Å². The average Bonchev–Trinajstić information content (AvgIpc) is 3.06. The third-order valence-electron chi connectivity index (χ3n) is 8.04. The van der Waals surface area contributed by atoms with Crippen LogP contribution in [0.2, 0.25) is 0 Å². The molecule has 47 heavy (non-hydrogen) atoms. The Balaban J connectivity index is 1.37. The quantitative estimate of drug-likeness (QED) is 0.174. The van der Waals surface area contributed by atoms with Gasteiger partial charge in [-0.2, -0.15) is 0 Å². The number of anilines is 3. The van der Waals surface area contributed by atoms with Crippen LogP contribution in [0.15, 0.2) is 85.2 Å². The Labute approximate surface area is 272 Å². The van der Waals surface area contributed by atoms with Gasteiger partial charge in [0.15, 0.2) is 0 Å². The Morgan fingerprint density at radius 1 is 1.00 bits per heavy atom. The van der Waals surface area contributed by atoms with E-state index < -0.39 is 16.1 Å². The molecule has 0 spiro atoms. The Hall–Kier alpha value is -5.27. The number of aliphatic hydroxyl groups excluding tert-OH is 1. The van der Waals surface area contributed by atoms with Gasteiger partial charge in [0, 0.05) is 47.9 Å². The lowest BCUT2D eigenvalue weighted by molar-refractivity contribution is 0.132. The first kappa shape index (κ1) is 31.7. The van der Waals surface area contributed by atoms with E-state index in [1.165, 1.54) is 9.21 Å². The first-order chi connectivity index (χ1) is 22.6. The summed E-state index contributed by atoms with van der Waals surface area (Å²) in [7, 11) is -3.82. The fraction of sp³-hybridized carbons (Fsp3) is 0.235. The molecule has 0 unspecified atom stereocenters. The fourth-order valence-electron chi connectivity index (χ4n) is 5.86. The minimum atomic E-state index is -3.82. The standard InChI is InChI=1S/C34H34N6O6S/c1-22-14-15-25-26(10-5-13-30(25)40(47(2,44)45)29-12-4-3-8-23(29)21-41)31(22)46-32-27(11-6-17-35-32)28-16-18-36-33(38-28)37-24-9-7-19-39(20-24)34(42)43/h3-6,8,10-18,24,41H,7,9,19-21H2,1-2H3,(H,42,43)(H,36,37,38)/t24-/m0/s1. The third-order valence-corrected chi connectivity index (χ3v) is 9.10. The second-order valence-electron chi connectivity index (χ2n) is 11.3. The zero-order valence-electron chi connectivity index (χ0n) is 25.9. The van der Waals surface area contributed by atoms with Crippen LogP contribution < -0.4 is 14.4 Å². The summed E-state index contributed by atoms with van der Waals surface area (Å²) < 4.78 is 34.3. The van der Waals surface area contributed by atoms with Gasteiger partial charge in [-0.05, 0) is 55.7 Å². The largest absolute Gasteiger partial charge is 0.465 e. The van der Waals surface area contributed by atoms with Crippen molar-refractivity contribution in [3.05, 3.63) is 96.3 Å². The normalized spacial score (nSPS) is 15.0. The lowest BCUT2D eigenvalue weighted by Crippen LogP contribution is -2.44. The molecule has 0 saturated carbocycles. The van der Waals surface area contributed by atoms with Gasteiger partial charge in [-0.3, -0.25) is 0 Å². The molecule has 12 nitrogen and oxygen atoms in total. The summed E-state index contributed by atoms with van der Waals surface area (Å²) in [6, 6.07) is 21.1. The maximum atomic E-state index is 13.2. The molecular formula is C34H34N6O6S. The summed E-state index contributed by atoms with van der Waals surface area (Å²) in [5.41, 5.74) is 3.20. The monoisotopic (exact) mass is 654 g/mol. The van der Waals surface area contributed by atoms with Gasteiger partial charge < -0.3 is 25.2 Å². The van der Waals surface area contributed by atoms with E-state index in [4.69, 9.17) is 9.72 Å². The SMILES string of the molecule is Cc1ccc2c(N(c3ccccc3CO)S(C)(=O)=O)cccc2c1Oc1ncccc1-c1ccnc(N[C@H]2CCCN(C(=O)O)C2)n1. The number of carboxylic acid groups (broad SMARTS) is 1. The molecular weight excluding hydrogens is 620 g/mol. The molecule has 1 amide bonds. The lowest BCUT2D eigenvalue weighted by Gasteiger charge is -2.31. The number of para-hydroxylation sites is 1. The number of aliphatic hydroxyl groups is 1. The number of likely N-dealkylation sites (tertiary alicyclic amines) is 1. The van der Waals surface area contributed by atoms with Crippen molar-refractivity contribution in [3.8, 4) is 22.9 Å². The fourth-order valence-corrected chi connectivity index (χ4v) is 6.91. The molecule has 1 aliphatic heterocycles. The topological polar surface area (TPSA) is 158 Å². The van der Waals surface area contributed by atoms with E-state index in [2.05, 4.69) is 15.3 Å². The summed E-state index contributed by atoms with van der Waals surface area (Å²) >= 11 is 0. The number of pyridine rings is 1. The second-order valence-corrected chi connectivity index (χ2v) is 13.2. The van der Waals surface area contributed by atoms with Crippen molar-refractivity contribution in [2.45, 2.75) is 32.4 Å². The molecule has 5 aromatic rings. The molecule has 1 fully saturated rings. The summed E-state index contributed by atoms with van der Waals surface area (Å²) in [6.07, 6.45) is 4.96. The van der Waals surface area contributed by atoms with Crippen molar-refractivity contribution in [1.82, 2.24) is 19.9 Å². The number of amides is 1. The van der Waals surface area contributed by atoms with Crippen LogP contribution in [0.4, 0.5) is 22.1 Å². The van der Waals surface area contributed by atoms with Crippen molar-refractivity contribution in [1.29, 1.82) is 0 Å². The Bertz CT molecular complexity index is 2060. The van der Waals surface area contributed by atoms with E-state index >= 15 is 0 Å². The smallest absolute Gasteiger partial charge is 0.407 e. The molecule has 3 N–H and O–H groups in total. The highest BCUT2D eigenvalue weighted by atomic mass is 32.2. The molecule has 6 rings (SSSR count). The van der Waals surface area contributed by atoms with E-state index in [-0.39, 0.29) is 12.6 Å². The van der Waals surface area contributed by atoms with E-state index in [0.717, 1.165) is 24.7 Å². The molecule has 242 valence electrons. The number of hydrogen-bond acceptors (Lipinski definition) is 9. The minimum absolute atomic E-state index is 0.122. The van der Waals surface area contributed by atoms with E-state index in [1.54, 1.807) is 60.9 Å². The number of carbonyl (C=O) groups is 1. The van der Waals surface area contributed by atoms with Gasteiger partial charge in [-0.1, -0.05) is 42.5 Å². The van der Waals surface area contributed by atoms with E-state index in [1.807, 2.05) is 31.2 Å². The first-order valence-electron chi connectivity index (χ1n) is 15.1. The molecule has 3 heterocycles. The predicted octanol–water partition coefficient (Wildman–Crippen LogP) is 5.94. The number of aryl methyl sites for hydroxylation is 1. The number of rotatable bonds is 9. The molecule has 1 saturated heterocycles. The van der Waals surface area contributed by atoms with Crippen molar-refractivity contribution in [2.75, 3.05) is 29.0 Å².